The van der Waals surface area contributed by atoms with Gasteiger partial charge in [0.25, 0.3) is 0 Å². The van der Waals surface area contributed by atoms with E-state index < -0.39 is 7.12 Å². The summed E-state index contributed by atoms with van der Waals surface area (Å²) >= 11 is 1.63. The van der Waals surface area contributed by atoms with E-state index in [1.54, 1.807) is 17.5 Å². The second-order valence-electron chi connectivity index (χ2n) is 6.44. The van der Waals surface area contributed by atoms with Gasteiger partial charge in [-0.3, -0.25) is 4.98 Å². The van der Waals surface area contributed by atoms with E-state index in [-0.39, 0.29) is 0 Å². The fourth-order valence-corrected chi connectivity index (χ4v) is 4.37. The number of rotatable bonds is 3. The Hall–Kier alpha value is -2.12. The summed E-state index contributed by atoms with van der Waals surface area (Å²) in [6, 6.07) is 0.441. The molecule has 0 aromatic carbocycles. The lowest BCUT2D eigenvalue weighted by atomic mass is 9.68. The van der Waals surface area contributed by atoms with Gasteiger partial charge in [0.1, 0.15) is 5.75 Å². The Labute approximate surface area is 144 Å². The lowest BCUT2D eigenvalue weighted by Gasteiger charge is -2.39. The van der Waals surface area contributed by atoms with Crippen molar-refractivity contribution in [2.45, 2.75) is 25.3 Å². The fourth-order valence-electron chi connectivity index (χ4n) is 3.77. The van der Waals surface area contributed by atoms with Crippen molar-refractivity contribution in [2.75, 3.05) is 5.32 Å². The van der Waals surface area contributed by atoms with Gasteiger partial charge >= 0.3 is 7.12 Å². The lowest BCUT2D eigenvalue weighted by molar-refractivity contribution is 0.352. The maximum absolute atomic E-state index is 10.0. The molecule has 2 N–H and O–H groups in total. The van der Waals surface area contributed by atoms with Gasteiger partial charge in [-0.15, -0.1) is 11.3 Å². The predicted molar refractivity (Wildman–Crippen MR) is 95.8 cm³/mol. The molecule has 2 aromatic rings. The molecule has 3 heterocycles. The van der Waals surface area contributed by atoms with E-state index in [0.717, 1.165) is 41.2 Å². The Morgan fingerprint density at radius 1 is 1.33 bits per heavy atom. The molecule has 1 fully saturated rings. The third-order valence-electron chi connectivity index (χ3n) is 4.96. The fraction of sp³-hybridized carbons (Fsp3) is 0.294. The molecule has 24 heavy (non-hydrogen) atoms. The van der Waals surface area contributed by atoms with Gasteiger partial charge in [-0.25, -0.2) is 4.98 Å². The monoisotopic (exact) mass is 337 g/mol. The van der Waals surface area contributed by atoms with Crippen LogP contribution in [0.15, 0.2) is 29.8 Å². The summed E-state index contributed by atoms with van der Waals surface area (Å²) in [5.74, 6) is 2.99. The molecule has 7 heteroatoms. The molecule has 0 saturated heterocycles. The summed E-state index contributed by atoms with van der Waals surface area (Å²) in [6.07, 6.45) is 10.8. The van der Waals surface area contributed by atoms with E-state index in [1.165, 1.54) is 5.57 Å². The Kier molecular flexibility index (Phi) is 3.24. The maximum Gasteiger partial charge on any atom is 0.552 e. The Balaban J connectivity index is 1.41. The van der Waals surface area contributed by atoms with Crippen LogP contribution in [0, 0.1) is 5.92 Å². The largest absolute Gasteiger partial charge is 0.552 e. The zero-order valence-electron chi connectivity index (χ0n) is 13.0. The van der Waals surface area contributed by atoms with Crippen LogP contribution >= 0.6 is 11.3 Å². The number of thiazole rings is 1. The normalized spacial score (nSPS) is 23.9. The minimum absolute atomic E-state index is 0.431. The van der Waals surface area contributed by atoms with Crippen LogP contribution in [0.1, 0.15) is 29.7 Å². The van der Waals surface area contributed by atoms with Crippen LogP contribution in [0.4, 0.5) is 5.13 Å². The van der Waals surface area contributed by atoms with Gasteiger partial charge in [0, 0.05) is 35.2 Å². The molecule has 0 radical (unpaired) electrons. The van der Waals surface area contributed by atoms with Crippen molar-refractivity contribution < 1.29 is 9.68 Å². The highest BCUT2D eigenvalue weighted by Gasteiger charge is 2.38. The molecule has 5 nitrogen and oxygen atoms in total. The molecule has 5 rings (SSSR count). The molecule has 0 atom stereocenters. The van der Waals surface area contributed by atoms with Crippen molar-refractivity contribution in [1.82, 2.24) is 9.97 Å². The molecular weight excluding hydrogens is 321 g/mol. The molecule has 0 unspecified atom stereocenters. The van der Waals surface area contributed by atoms with Crippen LogP contribution in [0.3, 0.4) is 0 Å². The van der Waals surface area contributed by atoms with Crippen molar-refractivity contribution in [1.29, 1.82) is 0 Å². The number of hydrogen-bond acceptors (Lipinski definition) is 6. The molecule has 3 aliphatic rings. The van der Waals surface area contributed by atoms with Crippen LogP contribution in [0.25, 0.3) is 11.6 Å². The summed E-state index contributed by atoms with van der Waals surface area (Å²) in [5.41, 5.74) is 4.57. The summed E-state index contributed by atoms with van der Waals surface area (Å²) in [6.45, 7) is 0. The Bertz CT molecular complexity index is 844. The van der Waals surface area contributed by atoms with E-state index in [0.29, 0.717) is 17.7 Å². The molecule has 2 aromatic heterocycles. The standard InChI is InChI=1S/C17H16BN3O2S/c22-18-8-13(10-6-11(7-10)21-17-19-4-5-24-17)16-12-2-1-3-14(12)20-9-15(16)23-18/h1-2,4-5,8-11,22H,3,6-7H2,(H,19,21). The number of nitrogens with one attached hydrogen (secondary N) is 1. The molecular formula is C17H16BN3O2S. The van der Waals surface area contributed by atoms with Gasteiger partial charge in [-0.05, 0) is 30.3 Å². The topological polar surface area (TPSA) is 67.3 Å². The smallest absolute Gasteiger partial charge is 0.531 e. The average molecular weight is 337 g/mol. The number of allylic oxidation sites excluding steroid dienone is 2. The van der Waals surface area contributed by atoms with Crippen LogP contribution < -0.4 is 9.97 Å². The zero-order chi connectivity index (χ0) is 16.1. The van der Waals surface area contributed by atoms with Crippen molar-refractivity contribution in [3.05, 3.63) is 46.6 Å². The molecule has 120 valence electrons. The van der Waals surface area contributed by atoms with E-state index in [2.05, 4.69) is 27.4 Å². The molecule has 1 aliphatic heterocycles. The second-order valence-corrected chi connectivity index (χ2v) is 7.34. The quantitative estimate of drug-likeness (QED) is 0.843. The minimum Gasteiger partial charge on any atom is -0.531 e. The third kappa shape index (κ3) is 2.27. The molecule has 0 spiro atoms. The van der Waals surface area contributed by atoms with Crippen LogP contribution in [-0.2, 0) is 6.42 Å². The van der Waals surface area contributed by atoms with E-state index >= 15 is 0 Å². The van der Waals surface area contributed by atoms with E-state index in [1.807, 2.05) is 17.6 Å². The summed E-state index contributed by atoms with van der Waals surface area (Å²) in [5, 5.41) is 16.5. The zero-order valence-corrected chi connectivity index (χ0v) is 13.8. The molecule has 1 saturated carbocycles. The van der Waals surface area contributed by atoms with Crippen LogP contribution in [0.5, 0.6) is 5.75 Å². The minimum atomic E-state index is -0.885. The van der Waals surface area contributed by atoms with Gasteiger partial charge < -0.3 is 15.0 Å². The van der Waals surface area contributed by atoms with Crippen molar-refractivity contribution in [2.24, 2.45) is 5.92 Å². The van der Waals surface area contributed by atoms with Crippen LogP contribution in [-0.4, -0.2) is 28.2 Å². The molecule has 0 bridgehead atoms. The first-order valence-electron chi connectivity index (χ1n) is 8.19. The van der Waals surface area contributed by atoms with Gasteiger partial charge in [-0.1, -0.05) is 12.2 Å². The van der Waals surface area contributed by atoms with Gasteiger partial charge in [-0.2, -0.15) is 0 Å². The third-order valence-corrected chi connectivity index (χ3v) is 5.66. The van der Waals surface area contributed by atoms with Crippen molar-refractivity contribution in [3.8, 4) is 5.75 Å². The number of hydrogen-bond donors (Lipinski definition) is 2. The predicted octanol–water partition coefficient (Wildman–Crippen LogP) is 2.79. The average Bonchev–Trinajstić information content (AvgIpc) is 3.20. The summed E-state index contributed by atoms with van der Waals surface area (Å²) < 4.78 is 5.58. The van der Waals surface area contributed by atoms with Gasteiger partial charge in [0.15, 0.2) is 5.13 Å². The molecule has 2 aliphatic carbocycles. The summed E-state index contributed by atoms with van der Waals surface area (Å²) in [7, 11) is -0.885. The van der Waals surface area contributed by atoms with Gasteiger partial charge in [0.2, 0.25) is 0 Å². The first-order valence-corrected chi connectivity index (χ1v) is 9.07. The maximum atomic E-state index is 10.0. The van der Waals surface area contributed by atoms with Gasteiger partial charge in [0.05, 0.1) is 11.9 Å². The first-order chi connectivity index (χ1) is 11.8. The first kappa shape index (κ1) is 14.2. The lowest BCUT2D eigenvalue weighted by Crippen LogP contribution is -2.38. The highest BCUT2D eigenvalue weighted by molar-refractivity contribution is 7.13. The van der Waals surface area contributed by atoms with Crippen LogP contribution in [0.2, 0.25) is 0 Å². The number of aromatic nitrogens is 2. The van der Waals surface area contributed by atoms with E-state index in [9.17, 15) is 5.02 Å². The Morgan fingerprint density at radius 3 is 3.08 bits per heavy atom. The SMILES string of the molecule is OB1C=C(C2CC(Nc3nccs3)C2)c2c(cnc3c2C=CC3)O1. The summed E-state index contributed by atoms with van der Waals surface area (Å²) in [4.78, 5) is 8.75. The number of anilines is 1. The van der Waals surface area contributed by atoms with E-state index in [4.69, 9.17) is 4.65 Å². The highest BCUT2D eigenvalue weighted by atomic mass is 32.1. The van der Waals surface area contributed by atoms with Crippen molar-refractivity contribution in [3.63, 3.8) is 0 Å². The number of pyridine rings is 1. The second kappa shape index (κ2) is 5.46. The molecule has 0 amide bonds. The highest BCUT2D eigenvalue weighted by Crippen LogP contribution is 2.47. The van der Waals surface area contributed by atoms with Crippen molar-refractivity contribution >= 4 is 35.2 Å². The number of nitrogens with zero attached hydrogens (tertiary/aromatic N) is 2. The number of fused-ring (bicyclic) bond motifs is 3. The Morgan fingerprint density at radius 2 is 2.25 bits per heavy atom.